The lowest BCUT2D eigenvalue weighted by molar-refractivity contribution is 0.0694. The van der Waals surface area contributed by atoms with Gasteiger partial charge in [0.15, 0.2) is 11.6 Å². The molecule has 0 radical (unpaired) electrons. The summed E-state index contributed by atoms with van der Waals surface area (Å²) in [5, 5.41) is 12.8. The number of carboxylic acids is 1. The van der Waals surface area contributed by atoms with Crippen molar-refractivity contribution >= 4 is 34.1 Å². The number of aromatic carboxylic acids is 1. The van der Waals surface area contributed by atoms with E-state index in [0.717, 1.165) is 44.0 Å². The zero-order valence-electron chi connectivity index (χ0n) is 27.5. The summed E-state index contributed by atoms with van der Waals surface area (Å²) in [7, 11) is 1.42. The van der Waals surface area contributed by atoms with Crippen LogP contribution in [0.2, 0.25) is 0 Å². The van der Waals surface area contributed by atoms with Gasteiger partial charge in [0.2, 0.25) is 5.43 Å². The molecular formula is C35H41FN6O6. The van der Waals surface area contributed by atoms with Crippen LogP contribution in [0.15, 0.2) is 44.7 Å². The van der Waals surface area contributed by atoms with Crippen molar-refractivity contribution in [2.24, 2.45) is 0 Å². The Hall–Kier alpha value is -4.91. The van der Waals surface area contributed by atoms with E-state index in [2.05, 4.69) is 27.1 Å². The van der Waals surface area contributed by atoms with Gasteiger partial charge in [-0.1, -0.05) is 13.0 Å². The van der Waals surface area contributed by atoms with Gasteiger partial charge in [-0.25, -0.2) is 14.0 Å². The summed E-state index contributed by atoms with van der Waals surface area (Å²) in [4.78, 5) is 60.6. The number of piperazine rings is 1. The van der Waals surface area contributed by atoms with Gasteiger partial charge in [-0.05, 0) is 74.9 Å². The number of unbranched alkanes of at least 4 members (excludes halogenated alkanes) is 1. The quantitative estimate of drug-likeness (QED) is 0.163. The molecule has 48 heavy (non-hydrogen) atoms. The Kier molecular flexibility index (Phi) is 9.40. The van der Waals surface area contributed by atoms with E-state index >= 15 is 4.39 Å². The zero-order valence-corrected chi connectivity index (χ0v) is 27.5. The number of carboxylic acid groups (broad SMARTS) is 1. The van der Waals surface area contributed by atoms with E-state index < -0.39 is 22.9 Å². The highest BCUT2D eigenvalue weighted by atomic mass is 19.1. The van der Waals surface area contributed by atoms with Crippen molar-refractivity contribution in [2.75, 3.05) is 50.1 Å². The number of nitrogens with zero attached hydrogens (tertiary/aromatic N) is 3. The number of H-pyrrole nitrogens is 2. The first kappa shape index (κ1) is 33.0. The van der Waals surface area contributed by atoms with Gasteiger partial charge >= 0.3 is 11.7 Å². The van der Waals surface area contributed by atoms with E-state index in [4.69, 9.17) is 4.74 Å². The smallest absolute Gasteiger partial charge is 0.341 e. The molecule has 3 heterocycles. The molecule has 0 amide bonds. The number of ether oxygens (including phenoxy) is 1. The topological polar surface area (TPSA) is 153 Å². The molecular weight excluding hydrogens is 619 g/mol. The summed E-state index contributed by atoms with van der Waals surface area (Å²) >= 11 is 0. The Morgan fingerprint density at radius 2 is 1.77 bits per heavy atom. The van der Waals surface area contributed by atoms with Gasteiger partial charge in [0.25, 0.3) is 5.56 Å². The van der Waals surface area contributed by atoms with E-state index in [1.807, 2.05) is 30.0 Å². The summed E-state index contributed by atoms with van der Waals surface area (Å²) in [6.07, 6.45) is 3.85. The molecule has 0 atom stereocenters. The van der Waals surface area contributed by atoms with E-state index in [9.17, 15) is 24.3 Å². The summed E-state index contributed by atoms with van der Waals surface area (Å²) in [5.74, 6) is -1.47. The molecule has 254 valence electrons. The van der Waals surface area contributed by atoms with Crippen molar-refractivity contribution in [3.05, 3.63) is 89.6 Å². The third-order valence-electron chi connectivity index (χ3n) is 9.44. The molecule has 1 aliphatic carbocycles. The third-order valence-corrected chi connectivity index (χ3v) is 9.44. The van der Waals surface area contributed by atoms with Gasteiger partial charge in [0, 0.05) is 56.1 Å². The standard InChI is InChI=1S/C35H41FN6O6/c1-4-21-17-23(10-7-20(21)2)37-26-19-27(43)42(35(47)38-26)12-6-5-11-40-13-15-41(16-14-40)31-25(36)18-24-30(33(31)48-3)39-29(22-8-9-22)28(32(24)44)34(45)46/h7,10,17-19,22,37H,4-6,8-9,11-16H2,1-3H3,(H,38,47)(H,39,44)(H,45,46). The highest BCUT2D eigenvalue weighted by Gasteiger charge is 2.33. The molecule has 2 aromatic carbocycles. The fourth-order valence-corrected chi connectivity index (χ4v) is 6.64. The fraction of sp³-hybridized carbons (Fsp3) is 0.429. The van der Waals surface area contributed by atoms with Crippen LogP contribution in [0.5, 0.6) is 5.75 Å². The number of hydrogen-bond acceptors (Lipinski definition) is 8. The Balaban J connectivity index is 1.07. The molecule has 2 fully saturated rings. The molecule has 6 rings (SSSR count). The van der Waals surface area contributed by atoms with Crippen molar-refractivity contribution in [3.63, 3.8) is 0 Å². The molecule has 12 nitrogen and oxygen atoms in total. The number of halogens is 1. The van der Waals surface area contributed by atoms with Crippen LogP contribution in [-0.2, 0) is 13.0 Å². The molecule has 1 saturated carbocycles. The van der Waals surface area contributed by atoms with Crippen molar-refractivity contribution in [1.29, 1.82) is 0 Å². The highest BCUT2D eigenvalue weighted by molar-refractivity contribution is 5.98. The highest BCUT2D eigenvalue weighted by Crippen LogP contribution is 2.43. The number of methoxy groups -OCH3 is 1. The van der Waals surface area contributed by atoms with Gasteiger partial charge in [-0.3, -0.25) is 24.0 Å². The first-order valence-corrected chi connectivity index (χ1v) is 16.5. The predicted octanol–water partition coefficient (Wildman–Crippen LogP) is 4.32. The van der Waals surface area contributed by atoms with Crippen LogP contribution in [0.1, 0.15) is 65.7 Å². The van der Waals surface area contributed by atoms with E-state index in [1.54, 1.807) is 0 Å². The van der Waals surface area contributed by atoms with E-state index in [1.165, 1.54) is 28.9 Å². The number of aromatic amines is 2. The largest absolute Gasteiger partial charge is 0.492 e. The molecule has 4 aromatic rings. The van der Waals surface area contributed by atoms with Crippen molar-refractivity contribution in [1.82, 2.24) is 19.4 Å². The number of aromatic nitrogens is 3. The van der Waals surface area contributed by atoms with Crippen LogP contribution in [0.25, 0.3) is 10.9 Å². The third kappa shape index (κ3) is 6.59. The van der Waals surface area contributed by atoms with E-state index in [-0.39, 0.29) is 33.9 Å². The lowest BCUT2D eigenvalue weighted by Gasteiger charge is -2.37. The minimum Gasteiger partial charge on any atom is -0.492 e. The number of aryl methyl sites for hydroxylation is 2. The molecule has 0 spiro atoms. The van der Waals surface area contributed by atoms with Crippen LogP contribution in [-0.4, -0.2) is 70.3 Å². The average Bonchev–Trinajstić information content (AvgIpc) is 3.90. The molecule has 1 aliphatic heterocycles. The molecule has 4 N–H and O–H groups in total. The van der Waals surface area contributed by atoms with Gasteiger partial charge in [-0.15, -0.1) is 0 Å². The molecule has 0 bridgehead atoms. The first-order chi connectivity index (χ1) is 23.1. The second-order valence-corrected chi connectivity index (χ2v) is 12.6. The molecule has 0 unspecified atom stereocenters. The lowest BCUT2D eigenvalue weighted by atomic mass is 10.0. The number of nitrogens with one attached hydrogen (secondary N) is 3. The van der Waals surface area contributed by atoms with Crippen molar-refractivity contribution in [3.8, 4) is 5.75 Å². The predicted molar refractivity (Wildman–Crippen MR) is 183 cm³/mol. The number of benzene rings is 2. The van der Waals surface area contributed by atoms with Gasteiger partial charge in [-0.2, -0.15) is 0 Å². The van der Waals surface area contributed by atoms with Crippen LogP contribution in [0.4, 0.5) is 21.6 Å². The number of fused-ring (bicyclic) bond motifs is 1. The Bertz CT molecular complexity index is 2010. The normalized spacial score (nSPS) is 15.2. The molecule has 2 aliphatic rings. The van der Waals surface area contributed by atoms with E-state index in [0.29, 0.717) is 56.2 Å². The van der Waals surface area contributed by atoms with Crippen molar-refractivity contribution in [2.45, 2.75) is 58.4 Å². The van der Waals surface area contributed by atoms with Crippen LogP contribution in [0.3, 0.4) is 0 Å². The maximum atomic E-state index is 15.6. The Morgan fingerprint density at radius 3 is 2.42 bits per heavy atom. The zero-order chi connectivity index (χ0) is 34.1. The summed E-state index contributed by atoms with van der Waals surface area (Å²) < 4.78 is 22.5. The number of carbonyl (C=O) groups is 1. The second kappa shape index (κ2) is 13.7. The molecule has 2 aromatic heterocycles. The van der Waals surface area contributed by atoms with Gasteiger partial charge in [0.1, 0.15) is 17.1 Å². The number of pyridine rings is 1. The summed E-state index contributed by atoms with van der Waals surface area (Å²) in [5.41, 5.74) is 2.23. The minimum atomic E-state index is -1.33. The first-order valence-electron chi connectivity index (χ1n) is 16.5. The number of hydrogen-bond donors (Lipinski definition) is 4. The molecule has 1 saturated heterocycles. The fourth-order valence-electron chi connectivity index (χ4n) is 6.64. The van der Waals surface area contributed by atoms with Gasteiger partial charge in [0.05, 0.1) is 18.0 Å². The minimum absolute atomic E-state index is 0.0402. The SMILES string of the molecule is CCc1cc(Nc2cc(=O)n(CCCCN3CCN(c4c(F)cc5c(=O)c(C(=O)O)c(C6CC6)[nH]c5c4OC)CC3)c(=O)[nH]2)ccc1C. The number of anilines is 3. The second-order valence-electron chi connectivity index (χ2n) is 12.6. The van der Waals surface area contributed by atoms with Crippen LogP contribution in [0, 0.1) is 12.7 Å². The Labute approximate surface area is 276 Å². The lowest BCUT2D eigenvalue weighted by Crippen LogP contribution is -2.47. The monoisotopic (exact) mass is 660 g/mol. The average molecular weight is 661 g/mol. The van der Waals surface area contributed by atoms with Gasteiger partial charge < -0.3 is 25.0 Å². The van der Waals surface area contributed by atoms with Crippen molar-refractivity contribution < 1.29 is 19.0 Å². The van der Waals surface area contributed by atoms with Crippen LogP contribution >= 0.6 is 0 Å². The maximum Gasteiger partial charge on any atom is 0.341 e. The Morgan fingerprint density at radius 1 is 1.04 bits per heavy atom. The summed E-state index contributed by atoms with van der Waals surface area (Å²) in [6, 6.07) is 8.44. The molecule has 13 heteroatoms. The number of rotatable bonds is 12. The maximum absolute atomic E-state index is 15.6. The van der Waals surface area contributed by atoms with Crippen LogP contribution < -0.4 is 31.6 Å². The summed E-state index contributed by atoms with van der Waals surface area (Å²) in [6.45, 7) is 7.51.